The zero-order valence-corrected chi connectivity index (χ0v) is 11.6. The monoisotopic (exact) mass is 290 g/mol. The van der Waals surface area contributed by atoms with Crippen molar-refractivity contribution in [2.75, 3.05) is 0 Å². The second-order valence-electron chi connectivity index (χ2n) is 4.20. The largest absolute Gasteiger partial charge is 0.489 e. The SMILES string of the molecule is Cc1cccc(OCc2ccc(C)cc2Br)c1. The molecule has 0 amide bonds. The molecule has 2 aromatic rings. The summed E-state index contributed by atoms with van der Waals surface area (Å²) < 4.78 is 6.87. The van der Waals surface area contributed by atoms with Crippen molar-refractivity contribution < 1.29 is 4.74 Å². The lowest BCUT2D eigenvalue weighted by Crippen LogP contribution is -1.96. The van der Waals surface area contributed by atoms with Crippen LogP contribution in [0.3, 0.4) is 0 Å². The molecular formula is C15H15BrO. The van der Waals surface area contributed by atoms with E-state index in [9.17, 15) is 0 Å². The van der Waals surface area contributed by atoms with Crippen LogP contribution >= 0.6 is 15.9 Å². The molecule has 0 atom stereocenters. The Morgan fingerprint density at radius 3 is 2.47 bits per heavy atom. The molecule has 0 saturated carbocycles. The maximum absolute atomic E-state index is 5.76. The molecule has 0 spiro atoms. The van der Waals surface area contributed by atoms with Crippen molar-refractivity contribution in [1.82, 2.24) is 0 Å². The summed E-state index contributed by atoms with van der Waals surface area (Å²) >= 11 is 3.56. The van der Waals surface area contributed by atoms with Crippen LogP contribution in [0.25, 0.3) is 0 Å². The lowest BCUT2D eigenvalue weighted by Gasteiger charge is -2.09. The Bertz CT molecular complexity index is 520. The van der Waals surface area contributed by atoms with Crippen LogP contribution in [-0.4, -0.2) is 0 Å². The van der Waals surface area contributed by atoms with Crippen LogP contribution < -0.4 is 4.74 Å². The molecule has 0 aromatic heterocycles. The molecule has 1 nitrogen and oxygen atoms in total. The minimum atomic E-state index is 0.588. The Labute approximate surface area is 111 Å². The lowest BCUT2D eigenvalue weighted by atomic mass is 10.2. The summed E-state index contributed by atoms with van der Waals surface area (Å²) in [5.74, 6) is 0.914. The minimum absolute atomic E-state index is 0.588. The van der Waals surface area contributed by atoms with Crippen LogP contribution in [0.15, 0.2) is 46.9 Å². The van der Waals surface area contributed by atoms with Gasteiger partial charge in [0.05, 0.1) is 0 Å². The predicted molar refractivity (Wildman–Crippen MR) is 74.4 cm³/mol. The van der Waals surface area contributed by atoms with E-state index in [0.29, 0.717) is 6.61 Å². The maximum Gasteiger partial charge on any atom is 0.120 e. The highest BCUT2D eigenvalue weighted by molar-refractivity contribution is 9.10. The van der Waals surface area contributed by atoms with Crippen molar-refractivity contribution in [3.63, 3.8) is 0 Å². The van der Waals surface area contributed by atoms with E-state index in [2.05, 4.69) is 54.0 Å². The van der Waals surface area contributed by atoms with Gasteiger partial charge < -0.3 is 4.74 Å². The highest BCUT2D eigenvalue weighted by atomic mass is 79.9. The number of hydrogen-bond acceptors (Lipinski definition) is 1. The number of benzene rings is 2. The standard InChI is InChI=1S/C15H15BrO/c1-11-4-3-5-14(8-11)17-10-13-7-6-12(2)9-15(13)16/h3-9H,10H2,1-2H3. The number of aryl methyl sites for hydroxylation is 2. The third-order valence-corrected chi connectivity index (χ3v) is 3.33. The van der Waals surface area contributed by atoms with Crippen molar-refractivity contribution >= 4 is 15.9 Å². The average Bonchev–Trinajstić information content (AvgIpc) is 2.28. The van der Waals surface area contributed by atoms with E-state index in [1.54, 1.807) is 0 Å². The normalized spacial score (nSPS) is 10.3. The fourth-order valence-electron chi connectivity index (χ4n) is 1.64. The number of ether oxygens (including phenoxy) is 1. The Kier molecular flexibility index (Phi) is 3.85. The fourth-order valence-corrected chi connectivity index (χ4v) is 2.24. The highest BCUT2D eigenvalue weighted by Crippen LogP contribution is 2.21. The zero-order chi connectivity index (χ0) is 12.3. The van der Waals surface area contributed by atoms with Crippen molar-refractivity contribution in [1.29, 1.82) is 0 Å². The first-order valence-corrected chi connectivity index (χ1v) is 6.39. The molecule has 88 valence electrons. The van der Waals surface area contributed by atoms with E-state index >= 15 is 0 Å². The first kappa shape index (κ1) is 12.2. The predicted octanol–water partition coefficient (Wildman–Crippen LogP) is 4.64. The minimum Gasteiger partial charge on any atom is -0.489 e. The molecule has 2 aromatic carbocycles. The van der Waals surface area contributed by atoms with Gasteiger partial charge >= 0.3 is 0 Å². The molecule has 0 N–H and O–H groups in total. The highest BCUT2D eigenvalue weighted by Gasteiger charge is 2.01. The lowest BCUT2D eigenvalue weighted by molar-refractivity contribution is 0.305. The van der Waals surface area contributed by atoms with E-state index in [4.69, 9.17) is 4.74 Å². The molecule has 0 saturated heterocycles. The van der Waals surface area contributed by atoms with Gasteiger partial charge in [0.1, 0.15) is 12.4 Å². The van der Waals surface area contributed by atoms with Gasteiger partial charge in [0, 0.05) is 10.0 Å². The van der Waals surface area contributed by atoms with Crippen LogP contribution in [0.2, 0.25) is 0 Å². The second kappa shape index (κ2) is 5.37. The average molecular weight is 291 g/mol. The van der Waals surface area contributed by atoms with Crippen LogP contribution in [-0.2, 0) is 6.61 Å². The van der Waals surface area contributed by atoms with E-state index in [1.165, 1.54) is 11.1 Å². The molecule has 0 aliphatic rings. The Morgan fingerprint density at radius 2 is 1.76 bits per heavy atom. The molecule has 17 heavy (non-hydrogen) atoms. The van der Waals surface area contributed by atoms with Crippen LogP contribution in [0.4, 0.5) is 0 Å². The van der Waals surface area contributed by atoms with Crippen LogP contribution in [0.5, 0.6) is 5.75 Å². The van der Waals surface area contributed by atoms with E-state index in [1.807, 2.05) is 18.2 Å². The second-order valence-corrected chi connectivity index (χ2v) is 5.05. The maximum atomic E-state index is 5.76. The van der Waals surface area contributed by atoms with Gasteiger partial charge in [0.2, 0.25) is 0 Å². The van der Waals surface area contributed by atoms with Gasteiger partial charge in [0.15, 0.2) is 0 Å². The summed E-state index contributed by atoms with van der Waals surface area (Å²) in [5.41, 5.74) is 3.62. The molecular weight excluding hydrogens is 276 g/mol. The topological polar surface area (TPSA) is 9.23 Å². The molecule has 0 aliphatic heterocycles. The summed E-state index contributed by atoms with van der Waals surface area (Å²) in [4.78, 5) is 0. The molecule has 0 aliphatic carbocycles. The zero-order valence-electron chi connectivity index (χ0n) is 10.0. The van der Waals surface area contributed by atoms with Crippen molar-refractivity contribution in [2.24, 2.45) is 0 Å². The molecule has 0 radical (unpaired) electrons. The fraction of sp³-hybridized carbons (Fsp3) is 0.200. The molecule has 0 unspecified atom stereocenters. The molecule has 2 rings (SSSR count). The summed E-state index contributed by atoms with van der Waals surface area (Å²) in [6, 6.07) is 14.4. The van der Waals surface area contributed by atoms with E-state index < -0.39 is 0 Å². The van der Waals surface area contributed by atoms with E-state index in [0.717, 1.165) is 15.8 Å². The Balaban J connectivity index is 2.07. The summed E-state index contributed by atoms with van der Waals surface area (Å²) in [5, 5.41) is 0. The third kappa shape index (κ3) is 3.34. The molecule has 2 heteroatoms. The smallest absolute Gasteiger partial charge is 0.120 e. The molecule has 0 bridgehead atoms. The first-order valence-electron chi connectivity index (χ1n) is 5.59. The van der Waals surface area contributed by atoms with Crippen molar-refractivity contribution in [3.8, 4) is 5.75 Å². The summed E-state index contributed by atoms with van der Waals surface area (Å²) in [7, 11) is 0. The summed E-state index contributed by atoms with van der Waals surface area (Å²) in [6.07, 6.45) is 0. The van der Waals surface area contributed by atoms with Gasteiger partial charge in [0.25, 0.3) is 0 Å². The summed E-state index contributed by atoms with van der Waals surface area (Å²) in [6.45, 7) is 4.73. The van der Waals surface area contributed by atoms with Gasteiger partial charge in [-0.05, 0) is 43.2 Å². The van der Waals surface area contributed by atoms with Crippen molar-refractivity contribution in [3.05, 3.63) is 63.6 Å². The van der Waals surface area contributed by atoms with E-state index in [-0.39, 0.29) is 0 Å². The number of hydrogen-bond donors (Lipinski definition) is 0. The Morgan fingerprint density at radius 1 is 1.00 bits per heavy atom. The molecule has 0 heterocycles. The Hall–Kier alpha value is -1.28. The van der Waals surface area contributed by atoms with Crippen molar-refractivity contribution in [2.45, 2.75) is 20.5 Å². The van der Waals surface area contributed by atoms with Gasteiger partial charge in [-0.25, -0.2) is 0 Å². The molecule has 0 fully saturated rings. The van der Waals surface area contributed by atoms with Crippen LogP contribution in [0, 0.1) is 13.8 Å². The number of halogens is 1. The third-order valence-electron chi connectivity index (χ3n) is 2.59. The number of rotatable bonds is 3. The van der Waals surface area contributed by atoms with Gasteiger partial charge in [-0.2, -0.15) is 0 Å². The van der Waals surface area contributed by atoms with Gasteiger partial charge in [-0.1, -0.05) is 40.2 Å². The van der Waals surface area contributed by atoms with Gasteiger partial charge in [-0.15, -0.1) is 0 Å². The first-order chi connectivity index (χ1) is 8.15. The van der Waals surface area contributed by atoms with Gasteiger partial charge in [-0.3, -0.25) is 0 Å². The quantitative estimate of drug-likeness (QED) is 0.800. The van der Waals surface area contributed by atoms with Crippen LogP contribution in [0.1, 0.15) is 16.7 Å².